The van der Waals surface area contributed by atoms with E-state index in [1.54, 1.807) is 33.0 Å². The van der Waals surface area contributed by atoms with Gasteiger partial charge >= 0.3 is 6.09 Å². The van der Waals surface area contributed by atoms with Crippen molar-refractivity contribution in [2.45, 2.75) is 31.4 Å². The molecule has 3 rings (SSSR count). The molecule has 0 saturated heterocycles. The van der Waals surface area contributed by atoms with Crippen molar-refractivity contribution in [3.63, 3.8) is 0 Å². The molecule has 9 heteroatoms. The normalized spacial score (nSPS) is 11.4. The van der Waals surface area contributed by atoms with Crippen LogP contribution in [0.4, 0.5) is 16.3 Å². The van der Waals surface area contributed by atoms with Crippen molar-refractivity contribution in [1.29, 1.82) is 0 Å². The second kappa shape index (κ2) is 7.51. The number of amides is 1. The number of hydrogen-bond acceptors (Lipinski definition) is 7. The van der Waals surface area contributed by atoms with Crippen LogP contribution < -0.4 is 11.1 Å². The standard InChI is InChI=1S/C19H21N5O3S/c1-19(2,3)27-18(26)24-9-8-11-6-5-7-12(15(11)24)22-17-14(16(20)25)21-10-13(23-17)28-4/h5-10H,1-4H3,(H2,20,25)(H,22,23). The molecule has 1 aromatic carbocycles. The predicted octanol–water partition coefficient (Wildman–Crippen LogP) is 3.78. The van der Waals surface area contributed by atoms with Crippen LogP contribution in [-0.2, 0) is 4.74 Å². The van der Waals surface area contributed by atoms with E-state index in [2.05, 4.69) is 15.3 Å². The molecule has 3 aromatic rings. The first-order valence-electron chi connectivity index (χ1n) is 8.51. The number of hydrogen-bond donors (Lipinski definition) is 2. The lowest BCUT2D eigenvalue weighted by Crippen LogP contribution is -2.26. The Morgan fingerprint density at radius 3 is 2.64 bits per heavy atom. The van der Waals surface area contributed by atoms with E-state index in [-0.39, 0.29) is 11.5 Å². The number of anilines is 2. The number of carbonyl (C=O) groups is 2. The molecular weight excluding hydrogens is 378 g/mol. The van der Waals surface area contributed by atoms with E-state index in [0.29, 0.717) is 16.2 Å². The molecule has 0 aliphatic rings. The molecule has 0 radical (unpaired) electrons. The maximum absolute atomic E-state index is 12.6. The zero-order valence-corrected chi connectivity index (χ0v) is 16.8. The number of ether oxygens (including phenoxy) is 1. The number of aromatic nitrogens is 3. The van der Waals surface area contributed by atoms with E-state index >= 15 is 0 Å². The number of nitrogens with zero attached hydrogens (tertiary/aromatic N) is 3. The van der Waals surface area contributed by atoms with Gasteiger partial charge < -0.3 is 15.8 Å². The van der Waals surface area contributed by atoms with Gasteiger partial charge in [0.25, 0.3) is 5.91 Å². The molecule has 0 spiro atoms. The van der Waals surface area contributed by atoms with E-state index < -0.39 is 17.6 Å². The number of rotatable bonds is 4. The molecule has 2 aromatic heterocycles. The highest BCUT2D eigenvalue weighted by Crippen LogP contribution is 2.29. The van der Waals surface area contributed by atoms with Gasteiger partial charge in [0.05, 0.1) is 17.4 Å². The summed E-state index contributed by atoms with van der Waals surface area (Å²) in [6, 6.07) is 7.30. The van der Waals surface area contributed by atoms with Crippen molar-refractivity contribution in [3.05, 3.63) is 42.4 Å². The fourth-order valence-corrected chi connectivity index (χ4v) is 2.97. The monoisotopic (exact) mass is 399 g/mol. The molecule has 2 heterocycles. The SMILES string of the molecule is CSc1cnc(C(N)=O)c(Nc2cccc3ccn(C(=O)OC(C)(C)C)c23)n1. The Morgan fingerprint density at radius 2 is 2.00 bits per heavy atom. The lowest BCUT2D eigenvalue weighted by molar-refractivity contribution is 0.0544. The molecule has 0 atom stereocenters. The summed E-state index contributed by atoms with van der Waals surface area (Å²) in [6.07, 6.45) is 4.48. The molecule has 0 fully saturated rings. The number of nitrogens with one attached hydrogen (secondary N) is 1. The fraction of sp³-hybridized carbons (Fsp3) is 0.263. The molecule has 0 aliphatic carbocycles. The molecule has 28 heavy (non-hydrogen) atoms. The minimum Gasteiger partial charge on any atom is -0.443 e. The minimum atomic E-state index is -0.697. The molecule has 0 aliphatic heterocycles. The number of nitrogens with two attached hydrogens (primary N) is 1. The van der Waals surface area contributed by atoms with Crippen LogP contribution >= 0.6 is 11.8 Å². The summed E-state index contributed by atoms with van der Waals surface area (Å²) in [5.74, 6) is -0.471. The summed E-state index contributed by atoms with van der Waals surface area (Å²) < 4.78 is 6.90. The third-order valence-corrected chi connectivity index (χ3v) is 4.36. The molecule has 8 nitrogen and oxygen atoms in total. The molecule has 0 saturated carbocycles. The van der Waals surface area contributed by atoms with Crippen LogP contribution in [0.2, 0.25) is 0 Å². The van der Waals surface area contributed by atoms with Crippen molar-refractivity contribution < 1.29 is 14.3 Å². The first-order chi connectivity index (χ1) is 13.2. The van der Waals surface area contributed by atoms with Gasteiger partial charge in [-0.1, -0.05) is 12.1 Å². The largest absolute Gasteiger partial charge is 0.443 e. The third-order valence-electron chi connectivity index (χ3n) is 3.75. The fourth-order valence-electron chi connectivity index (χ4n) is 2.62. The predicted molar refractivity (Wildman–Crippen MR) is 109 cm³/mol. The van der Waals surface area contributed by atoms with Gasteiger partial charge in [-0.3, -0.25) is 9.36 Å². The van der Waals surface area contributed by atoms with Gasteiger partial charge in [0.2, 0.25) is 0 Å². The summed E-state index contributed by atoms with van der Waals surface area (Å²) in [5.41, 5.74) is 5.99. The van der Waals surface area contributed by atoms with E-state index in [1.165, 1.54) is 22.5 Å². The van der Waals surface area contributed by atoms with Gasteiger partial charge in [0, 0.05) is 11.6 Å². The van der Waals surface area contributed by atoms with Crippen molar-refractivity contribution in [1.82, 2.24) is 14.5 Å². The Bertz CT molecular complexity index is 1060. The Labute approximate surface area is 166 Å². The first-order valence-corrected chi connectivity index (χ1v) is 9.73. The number of fused-ring (bicyclic) bond motifs is 1. The van der Waals surface area contributed by atoms with Crippen molar-refractivity contribution in [2.24, 2.45) is 5.73 Å². The lowest BCUT2D eigenvalue weighted by atomic mass is 10.2. The highest BCUT2D eigenvalue weighted by atomic mass is 32.2. The average Bonchev–Trinajstić information content (AvgIpc) is 3.05. The van der Waals surface area contributed by atoms with E-state index in [4.69, 9.17) is 10.5 Å². The molecule has 1 amide bonds. The second-order valence-corrected chi connectivity index (χ2v) is 7.83. The molecular formula is C19H21N5O3S. The Hall–Kier alpha value is -3.07. The summed E-state index contributed by atoms with van der Waals surface area (Å²) in [7, 11) is 0. The average molecular weight is 399 g/mol. The van der Waals surface area contributed by atoms with Crippen LogP contribution in [0.5, 0.6) is 0 Å². The van der Waals surface area contributed by atoms with Crippen LogP contribution in [0.1, 0.15) is 31.3 Å². The van der Waals surface area contributed by atoms with Crippen LogP contribution in [0.3, 0.4) is 0 Å². The number of carbonyl (C=O) groups excluding carboxylic acids is 2. The number of primary amides is 1. The molecule has 146 valence electrons. The summed E-state index contributed by atoms with van der Waals surface area (Å²) in [4.78, 5) is 32.9. The summed E-state index contributed by atoms with van der Waals surface area (Å²) >= 11 is 1.39. The maximum atomic E-state index is 12.6. The zero-order chi connectivity index (χ0) is 20.5. The van der Waals surface area contributed by atoms with Gasteiger partial charge in [-0.05, 0) is 39.2 Å². The zero-order valence-electron chi connectivity index (χ0n) is 16.0. The summed E-state index contributed by atoms with van der Waals surface area (Å²) in [6.45, 7) is 5.41. The van der Waals surface area contributed by atoms with Crippen LogP contribution in [0, 0.1) is 0 Å². The third kappa shape index (κ3) is 4.09. The highest BCUT2D eigenvalue weighted by Gasteiger charge is 2.21. The number of thioether (sulfide) groups is 1. The smallest absolute Gasteiger partial charge is 0.419 e. The molecule has 0 unspecified atom stereocenters. The molecule has 3 N–H and O–H groups in total. The van der Waals surface area contributed by atoms with Gasteiger partial charge in [-0.2, -0.15) is 0 Å². The van der Waals surface area contributed by atoms with Crippen LogP contribution in [0.25, 0.3) is 10.9 Å². The van der Waals surface area contributed by atoms with Crippen molar-refractivity contribution in [2.75, 3.05) is 11.6 Å². The number of para-hydroxylation sites is 1. The highest BCUT2D eigenvalue weighted by molar-refractivity contribution is 7.98. The van der Waals surface area contributed by atoms with E-state index in [0.717, 1.165) is 5.39 Å². The number of benzene rings is 1. The van der Waals surface area contributed by atoms with Gasteiger partial charge in [0.1, 0.15) is 10.6 Å². The maximum Gasteiger partial charge on any atom is 0.419 e. The van der Waals surface area contributed by atoms with Crippen molar-refractivity contribution in [3.8, 4) is 0 Å². The lowest BCUT2D eigenvalue weighted by Gasteiger charge is -2.20. The van der Waals surface area contributed by atoms with Gasteiger partial charge in [-0.15, -0.1) is 11.8 Å². The Balaban J connectivity index is 2.09. The Morgan fingerprint density at radius 1 is 1.25 bits per heavy atom. The minimum absolute atomic E-state index is 0.0187. The van der Waals surface area contributed by atoms with Crippen LogP contribution in [0.15, 0.2) is 41.7 Å². The van der Waals surface area contributed by atoms with Gasteiger partial charge in [-0.25, -0.2) is 14.8 Å². The first kappa shape index (κ1) is 19.7. The van der Waals surface area contributed by atoms with E-state index in [1.807, 2.05) is 24.5 Å². The Kier molecular flexibility index (Phi) is 5.28. The topological polar surface area (TPSA) is 112 Å². The van der Waals surface area contributed by atoms with E-state index in [9.17, 15) is 9.59 Å². The van der Waals surface area contributed by atoms with Gasteiger partial charge in [0.15, 0.2) is 11.5 Å². The van der Waals surface area contributed by atoms with Crippen molar-refractivity contribution >= 4 is 46.2 Å². The van der Waals surface area contributed by atoms with Crippen LogP contribution in [-0.4, -0.2) is 38.4 Å². The quantitative estimate of drug-likeness (QED) is 0.642. The molecule has 0 bridgehead atoms. The summed E-state index contributed by atoms with van der Waals surface area (Å²) in [5, 5.41) is 4.55. The second-order valence-electron chi connectivity index (χ2n) is 7.01.